The molecule has 0 spiro atoms. The van der Waals surface area contributed by atoms with E-state index < -0.39 is 10.9 Å². The van der Waals surface area contributed by atoms with Gasteiger partial charge in [-0.25, -0.2) is 4.79 Å². The second kappa shape index (κ2) is 7.34. The minimum Gasteiger partial charge on any atom is -0.507 e. The number of non-ortho nitro benzene ring substituents is 1. The van der Waals surface area contributed by atoms with E-state index in [2.05, 4.69) is 0 Å². The zero-order valence-corrected chi connectivity index (χ0v) is 14.3. The fourth-order valence-electron chi connectivity index (χ4n) is 2.73. The Bertz CT molecular complexity index is 1010. The first-order valence-electron chi connectivity index (χ1n) is 7.89. The number of benzene rings is 2. The lowest BCUT2D eigenvalue weighted by Crippen LogP contribution is -2.11. The van der Waals surface area contributed by atoms with Crippen LogP contribution < -0.4 is 5.73 Å². The van der Waals surface area contributed by atoms with Crippen molar-refractivity contribution in [1.29, 1.82) is 0 Å². The molecule has 0 saturated carbocycles. The molecule has 9 nitrogen and oxygen atoms in total. The summed E-state index contributed by atoms with van der Waals surface area (Å²) in [6.07, 6.45) is 0. The van der Waals surface area contributed by atoms with E-state index in [1.807, 2.05) is 0 Å². The number of ether oxygens (including phenoxy) is 2. The Kier molecular flexibility index (Phi) is 4.95. The van der Waals surface area contributed by atoms with Gasteiger partial charge in [0, 0.05) is 30.2 Å². The minimum absolute atomic E-state index is 0.0210. The van der Waals surface area contributed by atoms with Crippen LogP contribution in [0.4, 0.5) is 11.6 Å². The molecule has 0 atom stereocenters. The van der Waals surface area contributed by atoms with Crippen LogP contribution in [-0.2, 0) is 9.47 Å². The van der Waals surface area contributed by atoms with E-state index in [0.717, 1.165) is 0 Å². The van der Waals surface area contributed by atoms with Crippen molar-refractivity contribution in [3.8, 4) is 16.9 Å². The number of furan rings is 1. The third kappa shape index (κ3) is 3.40. The maximum atomic E-state index is 12.5. The Balaban J connectivity index is 2.16. The monoisotopic (exact) mass is 372 g/mol. The number of phenols is 1. The largest absolute Gasteiger partial charge is 0.507 e. The number of anilines is 1. The summed E-state index contributed by atoms with van der Waals surface area (Å²) in [7, 11) is 1.47. The quantitative estimate of drug-likeness (QED) is 0.291. The van der Waals surface area contributed by atoms with E-state index in [1.54, 1.807) is 0 Å². The van der Waals surface area contributed by atoms with Crippen molar-refractivity contribution in [2.75, 3.05) is 26.1 Å². The molecule has 3 aromatic rings. The van der Waals surface area contributed by atoms with Crippen LogP contribution in [0.1, 0.15) is 10.4 Å². The number of rotatable bonds is 6. The smallest absolute Gasteiger partial charge is 0.344 e. The second-order valence-electron chi connectivity index (χ2n) is 5.61. The van der Waals surface area contributed by atoms with Gasteiger partial charge >= 0.3 is 5.97 Å². The summed E-state index contributed by atoms with van der Waals surface area (Å²) in [6, 6.07) is 8.40. The first-order valence-corrected chi connectivity index (χ1v) is 7.89. The highest BCUT2D eigenvalue weighted by Gasteiger charge is 2.25. The van der Waals surface area contributed by atoms with Gasteiger partial charge in [-0.15, -0.1) is 0 Å². The molecular weight excluding hydrogens is 356 g/mol. The number of hydrogen-bond donors (Lipinski definition) is 2. The lowest BCUT2D eigenvalue weighted by molar-refractivity contribution is -0.384. The summed E-state index contributed by atoms with van der Waals surface area (Å²) in [6.45, 7) is 0.231. The Morgan fingerprint density at radius 2 is 1.93 bits per heavy atom. The van der Waals surface area contributed by atoms with Crippen molar-refractivity contribution in [2.24, 2.45) is 0 Å². The number of esters is 1. The molecule has 2 aromatic carbocycles. The van der Waals surface area contributed by atoms with Gasteiger partial charge in [0.05, 0.1) is 11.5 Å². The van der Waals surface area contributed by atoms with Crippen molar-refractivity contribution < 1.29 is 28.7 Å². The summed E-state index contributed by atoms with van der Waals surface area (Å²) in [5.74, 6) is -1.01. The Morgan fingerprint density at radius 3 is 2.56 bits per heavy atom. The molecule has 0 unspecified atom stereocenters. The van der Waals surface area contributed by atoms with E-state index in [-0.39, 0.29) is 52.6 Å². The topological polar surface area (TPSA) is 138 Å². The number of aromatic hydroxyl groups is 1. The van der Waals surface area contributed by atoms with Crippen molar-refractivity contribution >= 4 is 28.5 Å². The van der Waals surface area contributed by atoms with E-state index >= 15 is 0 Å². The summed E-state index contributed by atoms with van der Waals surface area (Å²) < 4.78 is 15.4. The zero-order valence-electron chi connectivity index (χ0n) is 14.3. The molecule has 1 heterocycles. The highest BCUT2D eigenvalue weighted by atomic mass is 16.6. The highest BCUT2D eigenvalue weighted by molar-refractivity contribution is 6.14. The SMILES string of the molecule is COCCOC(=O)c1c(N)oc2ccc(O)c(-c3ccc([N+](=O)[O-])cc3)c12. The normalized spacial score (nSPS) is 10.9. The molecule has 3 rings (SSSR count). The van der Waals surface area contributed by atoms with Crippen molar-refractivity contribution in [2.45, 2.75) is 0 Å². The van der Waals surface area contributed by atoms with Crippen LogP contribution in [0.15, 0.2) is 40.8 Å². The molecule has 0 aliphatic heterocycles. The van der Waals surface area contributed by atoms with Gasteiger partial charge in [0.15, 0.2) is 0 Å². The number of methoxy groups -OCH3 is 1. The predicted octanol–water partition coefficient (Wildman–Crippen LogP) is 3.10. The lowest BCUT2D eigenvalue weighted by Gasteiger charge is -2.08. The van der Waals surface area contributed by atoms with Crippen LogP contribution in [0.5, 0.6) is 5.75 Å². The van der Waals surface area contributed by atoms with Crippen molar-refractivity contribution in [3.05, 3.63) is 52.1 Å². The molecule has 0 fully saturated rings. The van der Waals surface area contributed by atoms with Crippen LogP contribution in [0.2, 0.25) is 0 Å². The Morgan fingerprint density at radius 1 is 1.22 bits per heavy atom. The van der Waals surface area contributed by atoms with E-state index in [4.69, 9.17) is 19.6 Å². The van der Waals surface area contributed by atoms with E-state index in [1.165, 1.54) is 43.5 Å². The van der Waals surface area contributed by atoms with Crippen LogP contribution in [0, 0.1) is 10.1 Å². The number of hydrogen-bond acceptors (Lipinski definition) is 8. The number of nitrogen functional groups attached to an aromatic ring is 1. The number of phenolic OH excluding ortho intramolecular Hbond substituents is 1. The summed E-state index contributed by atoms with van der Waals surface area (Å²) in [4.78, 5) is 22.8. The molecule has 0 aliphatic rings. The van der Waals surface area contributed by atoms with Gasteiger partial charge in [0.2, 0.25) is 5.88 Å². The van der Waals surface area contributed by atoms with Gasteiger partial charge in [-0.3, -0.25) is 10.1 Å². The minimum atomic E-state index is -0.725. The van der Waals surface area contributed by atoms with Gasteiger partial charge < -0.3 is 24.7 Å². The van der Waals surface area contributed by atoms with Gasteiger partial charge in [-0.1, -0.05) is 0 Å². The highest BCUT2D eigenvalue weighted by Crippen LogP contribution is 2.42. The number of carbonyl (C=O) groups excluding carboxylic acids is 1. The molecule has 27 heavy (non-hydrogen) atoms. The maximum absolute atomic E-state index is 12.5. The maximum Gasteiger partial charge on any atom is 0.344 e. The van der Waals surface area contributed by atoms with Crippen molar-refractivity contribution in [3.63, 3.8) is 0 Å². The fraction of sp³-hybridized carbons (Fsp3) is 0.167. The van der Waals surface area contributed by atoms with E-state index in [9.17, 15) is 20.0 Å². The number of nitrogens with two attached hydrogens (primary N) is 1. The van der Waals surface area contributed by atoms with Gasteiger partial charge in [0.1, 0.15) is 23.5 Å². The van der Waals surface area contributed by atoms with Crippen LogP contribution in [0.3, 0.4) is 0 Å². The Hall–Kier alpha value is -3.59. The standard InChI is InChI=1S/C18H16N2O7/c1-25-8-9-26-18(22)16-15-13(27-17(16)19)7-6-12(21)14(15)10-2-4-11(5-3-10)20(23)24/h2-7,21H,8-9,19H2,1H3. The third-order valence-corrected chi connectivity index (χ3v) is 3.95. The van der Waals surface area contributed by atoms with Crippen LogP contribution in [0.25, 0.3) is 22.1 Å². The van der Waals surface area contributed by atoms with E-state index in [0.29, 0.717) is 5.56 Å². The molecule has 0 amide bonds. The first kappa shape index (κ1) is 18.2. The number of carbonyl (C=O) groups is 1. The molecule has 0 saturated heterocycles. The van der Waals surface area contributed by atoms with Gasteiger partial charge in [-0.05, 0) is 29.8 Å². The molecule has 3 N–H and O–H groups in total. The average Bonchev–Trinajstić information content (AvgIpc) is 2.98. The summed E-state index contributed by atoms with van der Waals surface area (Å²) in [5, 5.41) is 21.5. The molecule has 9 heteroatoms. The molecule has 140 valence electrons. The number of nitro benzene ring substituents is 1. The van der Waals surface area contributed by atoms with Crippen LogP contribution >= 0.6 is 0 Å². The number of nitro groups is 1. The van der Waals surface area contributed by atoms with Crippen LogP contribution in [-0.4, -0.2) is 36.3 Å². The van der Waals surface area contributed by atoms with Gasteiger partial charge in [-0.2, -0.15) is 0 Å². The fourth-order valence-corrected chi connectivity index (χ4v) is 2.73. The molecule has 0 radical (unpaired) electrons. The average molecular weight is 372 g/mol. The van der Waals surface area contributed by atoms with Crippen molar-refractivity contribution in [1.82, 2.24) is 0 Å². The molecule has 1 aromatic heterocycles. The second-order valence-corrected chi connectivity index (χ2v) is 5.61. The third-order valence-electron chi connectivity index (χ3n) is 3.95. The molecular formula is C18H16N2O7. The lowest BCUT2D eigenvalue weighted by atomic mass is 9.97. The first-order chi connectivity index (χ1) is 12.9. The summed E-state index contributed by atoms with van der Waals surface area (Å²) in [5.41, 5.74) is 6.72. The zero-order chi connectivity index (χ0) is 19.6. The Labute approximate surface area is 153 Å². The predicted molar refractivity (Wildman–Crippen MR) is 96.5 cm³/mol. The molecule has 0 aliphatic carbocycles. The molecule has 0 bridgehead atoms. The van der Waals surface area contributed by atoms with Gasteiger partial charge in [0.25, 0.3) is 5.69 Å². The number of fused-ring (bicyclic) bond motifs is 1. The summed E-state index contributed by atoms with van der Waals surface area (Å²) >= 11 is 0. The number of nitrogens with zero attached hydrogens (tertiary/aromatic N) is 1.